The van der Waals surface area contributed by atoms with Crippen molar-refractivity contribution < 1.29 is 24.2 Å². The molecule has 0 atom stereocenters. The minimum absolute atomic E-state index is 0.0711. The summed E-state index contributed by atoms with van der Waals surface area (Å²) >= 11 is 0. The molecule has 31 heavy (non-hydrogen) atoms. The summed E-state index contributed by atoms with van der Waals surface area (Å²) < 4.78 is 10.9. The van der Waals surface area contributed by atoms with Crippen molar-refractivity contribution in [2.75, 3.05) is 13.2 Å². The maximum Gasteiger partial charge on any atom is 0.331 e. The molecule has 0 saturated heterocycles. The first-order chi connectivity index (χ1) is 14.8. The largest absolute Gasteiger partial charge is 0.494 e. The molecular weight excluding hydrogens is 392 g/mol. The highest BCUT2D eigenvalue weighted by atomic mass is 16.6. The minimum atomic E-state index is -0.529. The first kappa shape index (κ1) is 24.4. The second-order valence-electron chi connectivity index (χ2n) is 8.33. The van der Waals surface area contributed by atoms with Gasteiger partial charge in [0.15, 0.2) is 5.78 Å². The van der Waals surface area contributed by atoms with Crippen LogP contribution in [0.2, 0.25) is 0 Å². The zero-order valence-corrected chi connectivity index (χ0v) is 18.6. The van der Waals surface area contributed by atoms with Crippen LogP contribution in [0.25, 0.3) is 6.08 Å². The molecule has 0 unspecified atom stereocenters. The van der Waals surface area contributed by atoms with Crippen LogP contribution < -0.4 is 4.74 Å². The molecule has 0 aromatic heterocycles. The van der Waals surface area contributed by atoms with Crippen LogP contribution in [0.5, 0.6) is 5.75 Å². The van der Waals surface area contributed by atoms with Crippen molar-refractivity contribution in [2.45, 2.75) is 52.1 Å². The summed E-state index contributed by atoms with van der Waals surface area (Å²) in [5, 5.41) is 8.77. The van der Waals surface area contributed by atoms with E-state index in [1.807, 2.05) is 20.8 Å². The molecule has 2 aromatic rings. The van der Waals surface area contributed by atoms with Crippen LogP contribution in [0.3, 0.4) is 0 Å². The van der Waals surface area contributed by atoms with E-state index in [-0.39, 0.29) is 12.4 Å². The maximum atomic E-state index is 12.7. The lowest BCUT2D eigenvalue weighted by Gasteiger charge is -2.17. The molecule has 0 saturated carbocycles. The molecule has 2 rings (SSSR count). The lowest BCUT2D eigenvalue weighted by molar-refractivity contribution is -0.148. The zero-order valence-electron chi connectivity index (χ0n) is 18.6. The third kappa shape index (κ3) is 9.18. The van der Waals surface area contributed by atoms with Crippen LogP contribution in [-0.4, -0.2) is 35.7 Å². The number of ether oxygens (including phenoxy) is 2. The number of ketones is 1. The van der Waals surface area contributed by atoms with Gasteiger partial charge in [0, 0.05) is 23.8 Å². The number of aliphatic hydroxyl groups excluding tert-OH is 1. The van der Waals surface area contributed by atoms with Gasteiger partial charge in [0.05, 0.1) is 6.61 Å². The standard InChI is InChI=1S/C26H32O5/c1-26(2,3)31-24(28)17-10-20-8-11-21(12-9-20)25(29)22-13-15-23(16-14-22)30-19-7-5-4-6-18-27/h8-17,27H,4-7,18-19H2,1-3H3. The Morgan fingerprint density at radius 3 is 2.03 bits per heavy atom. The van der Waals surface area contributed by atoms with Gasteiger partial charge in [-0.1, -0.05) is 30.7 Å². The number of hydrogen-bond donors (Lipinski definition) is 1. The number of rotatable bonds is 11. The molecule has 5 heteroatoms. The van der Waals surface area contributed by atoms with E-state index in [4.69, 9.17) is 14.6 Å². The van der Waals surface area contributed by atoms with Gasteiger partial charge >= 0.3 is 5.97 Å². The highest BCUT2D eigenvalue weighted by Gasteiger charge is 2.14. The molecule has 2 aromatic carbocycles. The second kappa shape index (κ2) is 12.1. The Hall–Kier alpha value is -2.92. The van der Waals surface area contributed by atoms with Crippen molar-refractivity contribution in [1.29, 1.82) is 0 Å². The molecule has 0 spiro atoms. The van der Waals surface area contributed by atoms with Gasteiger partial charge < -0.3 is 14.6 Å². The molecule has 0 heterocycles. The van der Waals surface area contributed by atoms with Crippen molar-refractivity contribution in [3.8, 4) is 5.75 Å². The monoisotopic (exact) mass is 424 g/mol. The molecule has 166 valence electrons. The average molecular weight is 425 g/mol. The summed E-state index contributed by atoms with van der Waals surface area (Å²) in [6.07, 6.45) is 6.85. The minimum Gasteiger partial charge on any atom is -0.494 e. The molecule has 0 aliphatic rings. The SMILES string of the molecule is CC(C)(C)OC(=O)C=Cc1ccc(C(=O)c2ccc(OCCCCCCO)cc2)cc1. The molecule has 1 N–H and O–H groups in total. The van der Waals surface area contributed by atoms with Crippen molar-refractivity contribution in [3.63, 3.8) is 0 Å². The number of esters is 1. The molecule has 0 bridgehead atoms. The smallest absolute Gasteiger partial charge is 0.331 e. The zero-order chi connectivity index (χ0) is 22.7. The molecule has 5 nitrogen and oxygen atoms in total. The summed E-state index contributed by atoms with van der Waals surface area (Å²) in [5.74, 6) is 0.264. The van der Waals surface area contributed by atoms with Crippen LogP contribution in [0.4, 0.5) is 0 Å². The van der Waals surface area contributed by atoms with E-state index in [1.54, 1.807) is 54.6 Å². The van der Waals surface area contributed by atoms with Crippen molar-refractivity contribution in [3.05, 3.63) is 71.3 Å². The number of benzene rings is 2. The first-order valence-electron chi connectivity index (χ1n) is 10.7. The summed E-state index contributed by atoms with van der Waals surface area (Å²) in [6.45, 7) is 6.31. The van der Waals surface area contributed by atoms with Gasteiger partial charge in [0.2, 0.25) is 0 Å². The topological polar surface area (TPSA) is 72.8 Å². The molecule has 0 amide bonds. The van der Waals surface area contributed by atoms with Gasteiger partial charge in [-0.05, 0) is 75.9 Å². The van der Waals surface area contributed by atoms with Gasteiger partial charge in [-0.3, -0.25) is 4.79 Å². The van der Waals surface area contributed by atoms with Crippen molar-refractivity contribution >= 4 is 17.8 Å². The van der Waals surface area contributed by atoms with Gasteiger partial charge in [0.25, 0.3) is 0 Å². The van der Waals surface area contributed by atoms with Crippen molar-refractivity contribution in [2.24, 2.45) is 0 Å². The number of aliphatic hydroxyl groups is 1. The number of unbranched alkanes of at least 4 members (excludes halogenated alkanes) is 3. The maximum absolute atomic E-state index is 12.7. The fourth-order valence-electron chi connectivity index (χ4n) is 2.87. The van der Waals surface area contributed by atoms with Crippen LogP contribution in [0, 0.1) is 0 Å². The quantitative estimate of drug-likeness (QED) is 0.232. The fourth-order valence-corrected chi connectivity index (χ4v) is 2.87. The Kier molecular flexibility index (Phi) is 9.47. The third-order valence-corrected chi connectivity index (χ3v) is 4.43. The van der Waals surface area contributed by atoms with E-state index in [1.165, 1.54) is 6.08 Å². The summed E-state index contributed by atoms with van der Waals surface area (Å²) in [4.78, 5) is 24.5. The summed E-state index contributed by atoms with van der Waals surface area (Å²) in [6, 6.07) is 14.2. The number of carbonyl (C=O) groups excluding carboxylic acids is 2. The van der Waals surface area contributed by atoms with Crippen LogP contribution in [0.1, 0.15) is 67.9 Å². The Bertz CT molecular complexity index is 858. The van der Waals surface area contributed by atoms with Gasteiger partial charge in [-0.25, -0.2) is 4.79 Å². The lowest BCUT2D eigenvalue weighted by atomic mass is 10.0. The lowest BCUT2D eigenvalue weighted by Crippen LogP contribution is -2.22. The van der Waals surface area contributed by atoms with E-state index in [2.05, 4.69) is 0 Å². The number of hydrogen-bond acceptors (Lipinski definition) is 5. The van der Waals surface area contributed by atoms with E-state index in [0.717, 1.165) is 37.0 Å². The molecule has 0 aliphatic carbocycles. The fraction of sp³-hybridized carbons (Fsp3) is 0.385. The second-order valence-corrected chi connectivity index (χ2v) is 8.33. The van der Waals surface area contributed by atoms with E-state index >= 15 is 0 Å². The summed E-state index contributed by atoms with van der Waals surface area (Å²) in [7, 11) is 0. The summed E-state index contributed by atoms with van der Waals surface area (Å²) in [5.41, 5.74) is 1.45. The average Bonchev–Trinajstić information content (AvgIpc) is 2.74. The molecule has 0 fully saturated rings. The van der Waals surface area contributed by atoms with Gasteiger partial charge in [-0.2, -0.15) is 0 Å². The van der Waals surface area contributed by atoms with Crippen LogP contribution in [-0.2, 0) is 9.53 Å². The molecule has 0 aliphatic heterocycles. The highest BCUT2D eigenvalue weighted by molar-refractivity contribution is 6.09. The molecular formula is C26H32O5. The predicted molar refractivity (Wildman–Crippen MR) is 122 cm³/mol. The Labute approximate surface area is 184 Å². The molecule has 0 radical (unpaired) electrons. The Morgan fingerprint density at radius 2 is 1.45 bits per heavy atom. The van der Waals surface area contributed by atoms with E-state index < -0.39 is 11.6 Å². The van der Waals surface area contributed by atoms with Crippen molar-refractivity contribution in [1.82, 2.24) is 0 Å². The van der Waals surface area contributed by atoms with Gasteiger partial charge in [0.1, 0.15) is 11.4 Å². The Balaban J connectivity index is 1.88. The predicted octanol–water partition coefficient (Wildman–Crippen LogP) is 5.20. The first-order valence-corrected chi connectivity index (χ1v) is 10.7. The van der Waals surface area contributed by atoms with E-state index in [9.17, 15) is 9.59 Å². The van der Waals surface area contributed by atoms with Crippen LogP contribution in [0.15, 0.2) is 54.6 Å². The highest BCUT2D eigenvalue weighted by Crippen LogP contribution is 2.17. The number of carbonyl (C=O) groups is 2. The third-order valence-electron chi connectivity index (χ3n) is 4.43. The normalized spacial score (nSPS) is 11.5. The van der Waals surface area contributed by atoms with E-state index in [0.29, 0.717) is 17.7 Å². The Morgan fingerprint density at radius 1 is 0.871 bits per heavy atom. The van der Waals surface area contributed by atoms with Gasteiger partial charge in [-0.15, -0.1) is 0 Å². The van der Waals surface area contributed by atoms with Crippen LogP contribution >= 0.6 is 0 Å².